The van der Waals surface area contributed by atoms with E-state index in [4.69, 9.17) is 0 Å². The third-order valence-electron chi connectivity index (χ3n) is 3.34. The molecule has 0 saturated heterocycles. The first-order chi connectivity index (χ1) is 7.79. The van der Waals surface area contributed by atoms with Crippen molar-refractivity contribution < 1.29 is 0 Å². The lowest BCUT2D eigenvalue weighted by Gasteiger charge is -2.15. The second kappa shape index (κ2) is 5.46. The number of benzene rings is 1. The monoisotopic (exact) mass is 231 g/mol. The Morgan fingerprint density at radius 2 is 1.94 bits per heavy atom. The Bertz CT molecular complexity index is 389. The first kappa shape index (κ1) is 11.6. The van der Waals surface area contributed by atoms with Crippen LogP contribution in [0.1, 0.15) is 25.7 Å². The zero-order chi connectivity index (χ0) is 11.4. The van der Waals surface area contributed by atoms with Crippen molar-refractivity contribution in [1.29, 1.82) is 0 Å². The SMILES string of the molecule is C=C(C1=CCCCC1)[PH+](C)c1ccccc1. The van der Waals surface area contributed by atoms with Crippen molar-refractivity contribution in [2.45, 2.75) is 25.7 Å². The second-order valence-corrected chi connectivity index (χ2v) is 6.88. The molecular weight excluding hydrogens is 211 g/mol. The molecule has 1 heteroatoms. The summed E-state index contributed by atoms with van der Waals surface area (Å²) in [5.41, 5.74) is 1.53. The molecule has 0 radical (unpaired) electrons. The van der Waals surface area contributed by atoms with Crippen LogP contribution in [0.4, 0.5) is 0 Å². The molecule has 0 fully saturated rings. The molecule has 1 aliphatic rings. The molecule has 1 aromatic rings. The summed E-state index contributed by atoms with van der Waals surface area (Å²) < 4.78 is 0. The van der Waals surface area contributed by atoms with E-state index in [0.717, 1.165) is 0 Å². The van der Waals surface area contributed by atoms with Gasteiger partial charge in [-0.05, 0) is 43.4 Å². The van der Waals surface area contributed by atoms with Crippen LogP contribution in [0.25, 0.3) is 0 Å². The van der Waals surface area contributed by atoms with Gasteiger partial charge in [-0.25, -0.2) is 0 Å². The Hall–Kier alpha value is -0.870. The average molecular weight is 231 g/mol. The molecule has 0 N–H and O–H groups in total. The summed E-state index contributed by atoms with van der Waals surface area (Å²) in [6.07, 6.45) is 7.59. The van der Waals surface area contributed by atoms with Gasteiger partial charge in [-0.2, -0.15) is 0 Å². The van der Waals surface area contributed by atoms with E-state index in [2.05, 4.69) is 49.7 Å². The van der Waals surface area contributed by atoms with Gasteiger partial charge in [-0.15, -0.1) is 0 Å². The lowest BCUT2D eigenvalue weighted by Crippen LogP contribution is -2.03. The molecule has 0 aliphatic heterocycles. The van der Waals surface area contributed by atoms with E-state index in [0.29, 0.717) is 0 Å². The van der Waals surface area contributed by atoms with Crippen molar-refractivity contribution in [2.24, 2.45) is 0 Å². The molecule has 1 aromatic carbocycles. The topological polar surface area (TPSA) is 0 Å². The van der Waals surface area contributed by atoms with Gasteiger partial charge in [0.25, 0.3) is 0 Å². The van der Waals surface area contributed by atoms with Gasteiger partial charge in [0.05, 0.1) is 25.2 Å². The van der Waals surface area contributed by atoms with Crippen molar-refractivity contribution in [3.63, 3.8) is 0 Å². The van der Waals surface area contributed by atoms with Crippen LogP contribution in [0.5, 0.6) is 0 Å². The highest BCUT2D eigenvalue weighted by atomic mass is 31.1. The van der Waals surface area contributed by atoms with E-state index < -0.39 is 7.92 Å². The summed E-state index contributed by atoms with van der Waals surface area (Å²) in [6, 6.07) is 10.8. The van der Waals surface area contributed by atoms with Crippen LogP contribution in [0.15, 0.2) is 53.9 Å². The largest absolute Gasteiger partial charge is 0.0963 e. The summed E-state index contributed by atoms with van der Waals surface area (Å²) in [5, 5.41) is 2.89. The number of hydrogen-bond donors (Lipinski definition) is 0. The quantitative estimate of drug-likeness (QED) is 0.685. The van der Waals surface area contributed by atoms with Crippen LogP contribution in [0.3, 0.4) is 0 Å². The Kier molecular flexibility index (Phi) is 3.96. The van der Waals surface area contributed by atoms with E-state index in [1.165, 1.54) is 41.9 Å². The Morgan fingerprint density at radius 3 is 2.56 bits per heavy atom. The van der Waals surface area contributed by atoms with Crippen molar-refractivity contribution in [3.05, 3.63) is 53.9 Å². The maximum Gasteiger partial charge on any atom is 0.0963 e. The number of allylic oxidation sites excluding steroid dienone is 3. The van der Waals surface area contributed by atoms with Crippen molar-refractivity contribution >= 4 is 13.2 Å². The zero-order valence-electron chi connectivity index (χ0n) is 10.00. The van der Waals surface area contributed by atoms with Crippen LogP contribution in [0.2, 0.25) is 0 Å². The highest BCUT2D eigenvalue weighted by molar-refractivity contribution is 7.69. The van der Waals surface area contributed by atoms with E-state index in [1.54, 1.807) is 0 Å². The van der Waals surface area contributed by atoms with Gasteiger partial charge < -0.3 is 0 Å². The third kappa shape index (κ3) is 2.62. The number of rotatable bonds is 3. The van der Waals surface area contributed by atoms with Crippen molar-refractivity contribution in [2.75, 3.05) is 6.66 Å². The molecule has 1 unspecified atom stereocenters. The van der Waals surface area contributed by atoms with Crippen molar-refractivity contribution in [3.8, 4) is 0 Å². The molecule has 0 bridgehead atoms. The summed E-state index contributed by atoms with van der Waals surface area (Å²) in [6.45, 7) is 6.69. The molecule has 0 amide bonds. The fourth-order valence-electron chi connectivity index (χ4n) is 2.22. The molecule has 1 aliphatic carbocycles. The summed E-state index contributed by atoms with van der Waals surface area (Å²) >= 11 is 0. The number of hydrogen-bond acceptors (Lipinski definition) is 0. The summed E-state index contributed by atoms with van der Waals surface area (Å²) in [5.74, 6) is 0. The van der Waals surface area contributed by atoms with Gasteiger partial charge in [0.15, 0.2) is 0 Å². The highest BCUT2D eigenvalue weighted by Crippen LogP contribution is 2.44. The molecule has 0 saturated carbocycles. The zero-order valence-corrected chi connectivity index (χ0v) is 11.0. The predicted octanol–water partition coefficient (Wildman–Crippen LogP) is 4.17. The fourth-order valence-corrected chi connectivity index (χ4v) is 3.97. The minimum atomic E-state index is -0.607. The van der Waals surface area contributed by atoms with Gasteiger partial charge in [-0.3, -0.25) is 0 Å². The van der Waals surface area contributed by atoms with E-state index >= 15 is 0 Å². The van der Waals surface area contributed by atoms with E-state index in [-0.39, 0.29) is 0 Å². The predicted molar refractivity (Wildman–Crippen MR) is 76.0 cm³/mol. The molecular formula is C15H20P+. The highest BCUT2D eigenvalue weighted by Gasteiger charge is 2.21. The Balaban J connectivity index is 2.13. The van der Waals surface area contributed by atoms with Gasteiger partial charge in [0, 0.05) is 0 Å². The molecule has 84 valence electrons. The smallest absolute Gasteiger partial charge is 0.0774 e. The standard InChI is InChI=1S/C15H19P/c1-13(14-9-5-3-6-10-14)16(2)15-11-7-4-8-12-15/h4,7-9,11-12H,1,3,5-6,10H2,2H3/p+1. The first-order valence-corrected chi connectivity index (χ1v) is 8.06. The minimum Gasteiger partial charge on any atom is -0.0774 e. The average Bonchev–Trinajstić information content (AvgIpc) is 2.39. The summed E-state index contributed by atoms with van der Waals surface area (Å²) in [4.78, 5) is 0. The van der Waals surface area contributed by atoms with Gasteiger partial charge in [-0.1, -0.05) is 30.9 Å². The van der Waals surface area contributed by atoms with Crippen LogP contribution in [-0.2, 0) is 0 Å². The molecule has 0 heterocycles. The van der Waals surface area contributed by atoms with E-state index in [1.807, 2.05) is 0 Å². The van der Waals surface area contributed by atoms with Crippen LogP contribution >= 0.6 is 7.92 Å². The molecule has 16 heavy (non-hydrogen) atoms. The van der Waals surface area contributed by atoms with E-state index in [9.17, 15) is 0 Å². The second-order valence-electron chi connectivity index (χ2n) is 4.44. The fraction of sp³-hybridized carbons (Fsp3) is 0.333. The molecule has 2 rings (SSSR count). The Labute approximate surface area is 99.8 Å². The third-order valence-corrected chi connectivity index (χ3v) is 5.76. The normalized spacial score (nSPS) is 17.7. The lowest BCUT2D eigenvalue weighted by atomic mass is 10.00. The van der Waals surface area contributed by atoms with Gasteiger partial charge in [0.2, 0.25) is 0 Å². The van der Waals surface area contributed by atoms with Gasteiger partial charge in [0.1, 0.15) is 0 Å². The first-order valence-electron chi connectivity index (χ1n) is 6.06. The molecule has 0 aromatic heterocycles. The molecule has 0 nitrogen and oxygen atoms in total. The van der Waals surface area contributed by atoms with Crippen molar-refractivity contribution in [1.82, 2.24) is 0 Å². The van der Waals surface area contributed by atoms with Crippen LogP contribution in [-0.4, -0.2) is 6.66 Å². The minimum absolute atomic E-state index is 0.607. The summed E-state index contributed by atoms with van der Waals surface area (Å²) in [7, 11) is -0.607. The lowest BCUT2D eigenvalue weighted by molar-refractivity contribution is 0.710. The maximum absolute atomic E-state index is 4.33. The maximum atomic E-state index is 4.33. The van der Waals surface area contributed by atoms with Crippen LogP contribution in [0, 0.1) is 0 Å². The molecule has 1 atom stereocenters. The van der Waals surface area contributed by atoms with Crippen LogP contribution < -0.4 is 5.30 Å². The van der Waals surface area contributed by atoms with Gasteiger partial charge >= 0.3 is 0 Å². The molecule has 0 spiro atoms. The Morgan fingerprint density at radius 1 is 1.19 bits per heavy atom.